The van der Waals surface area contributed by atoms with Gasteiger partial charge in [0.15, 0.2) is 0 Å². The third kappa shape index (κ3) is 4.02. The van der Waals surface area contributed by atoms with Crippen molar-refractivity contribution in [2.24, 2.45) is 5.41 Å². The number of hydrogen-bond donors (Lipinski definition) is 2. The van der Waals surface area contributed by atoms with Crippen LogP contribution in [0.25, 0.3) is 0 Å². The van der Waals surface area contributed by atoms with Gasteiger partial charge in [0.2, 0.25) is 5.91 Å². The second-order valence-electron chi connectivity index (χ2n) is 4.77. The van der Waals surface area contributed by atoms with E-state index >= 15 is 0 Å². The van der Waals surface area contributed by atoms with Crippen molar-refractivity contribution in [3.8, 4) is 0 Å². The predicted molar refractivity (Wildman–Crippen MR) is 74.3 cm³/mol. The first-order chi connectivity index (χ1) is 8.77. The van der Waals surface area contributed by atoms with Gasteiger partial charge in [0, 0.05) is 19.2 Å². The van der Waals surface area contributed by atoms with Crippen LogP contribution in [0.2, 0.25) is 0 Å². The smallest absolute Gasteiger partial charge is 0.251 e. The molecule has 0 atom stereocenters. The number of rotatable bonds is 4. The zero-order valence-electron chi connectivity index (χ0n) is 11.0. The number of hydrogen-bond acceptors (Lipinski definition) is 2. The van der Waals surface area contributed by atoms with Crippen LogP contribution in [0.4, 0.5) is 4.39 Å². The molecule has 0 heterocycles. The van der Waals surface area contributed by atoms with Crippen molar-refractivity contribution in [1.29, 1.82) is 0 Å². The number of carbonyl (C=O) groups excluding carboxylic acids is 2. The number of halogens is 2. The summed E-state index contributed by atoms with van der Waals surface area (Å²) in [6.07, 6.45) is 0. The van der Waals surface area contributed by atoms with E-state index in [0.29, 0.717) is 4.47 Å². The van der Waals surface area contributed by atoms with Crippen molar-refractivity contribution in [3.63, 3.8) is 0 Å². The highest BCUT2D eigenvalue weighted by atomic mass is 79.9. The highest BCUT2D eigenvalue weighted by molar-refractivity contribution is 9.10. The molecule has 0 aromatic heterocycles. The lowest BCUT2D eigenvalue weighted by molar-refractivity contribution is -0.128. The van der Waals surface area contributed by atoms with Gasteiger partial charge in [-0.15, -0.1) is 0 Å². The topological polar surface area (TPSA) is 58.2 Å². The molecule has 0 aliphatic heterocycles. The van der Waals surface area contributed by atoms with Crippen LogP contribution < -0.4 is 10.6 Å². The summed E-state index contributed by atoms with van der Waals surface area (Å²) in [5.41, 5.74) is -0.508. The molecule has 0 aliphatic rings. The Labute approximate surface area is 119 Å². The molecule has 0 saturated carbocycles. The predicted octanol–water partition coefficient (Wildman–Crippen LogP) is 2.09. The van der Waals surface area contributed by atoms with Gasteiger partial charge in [-0.1, -0.05) is 0 Å². The van der Waals surface area contributed by atoms with Crippen molar-refractivity contribution in [3.05, 3.63) is 34.1 Å². The quantitative estimate of drug-likeness (QED) is 0.888. The van der Waals surface area contributed by atoms with E-state index in [-0.39, 0.29) is 18.0 Å². The summed E-state index contributed by atoms with van der Waals surface area (Å²) in [6.45, 7) is 3.60. The highest BCUT2D eigenvalue weighted by Crippen LogP contribution is 2.17. The van der Waals surface area contributed by atoms with Crippen LogP contribution in [0.5, 0.6) is 0 Å². The maximum atomic E-state index is 13.3. The average Bonchev–Trinajstić information content (AvgIpc) is 2.38. The molecular formula is C13H16BrFN2O2. The summed E-state index contributed by atoms with van der Waals surface area (Å²) < 4.78 is 13.6. The Morgan fingerprint density at radius 3 is 2.53 bits per heavy atom. The van der Waals surface area contributed by atoms with Gasteiger partial charge in [-0.25, -0.2) is 4.39 Å². The second kappa shape index (κ2) is 6.14. The Bertz CT molecular complexity index is 503. The zero-order valence-corrected chi connectivity index (χ0v) is 12.6. The highest BCUT2D eigenvalue weighted by Gasteiger charge is 2.27. The van der Waals surface area contributed by atoms with E-state index in [1.54, 1.807) is 13.8 Å². The van der Waals surface area contributed by atoms with Crippen LogP contribution in [0.3, 0.4) is 0 Å². The lowest BCUT2D eigenvalue weighted by Gasteiger charge is -2.22. The summed E-state index contributed by atoms with van der Waals surface area (Å²) in [7, 11) is 1.54. The maximum absolute atomic E-state index is 13.3. The number of amides is 2. The van der Waals surface area contributed by atoms with E-state index in [4.69, 9.17) is 0 Å². The Hall–Kier alpha value is -1.43. The first-order valence-electron chi connectivity index (χ1n) is 5.73. The zero-order chi connectivity index (χ0) is 14.6. The molecule has 0 radical (unpaired) electrons. The Kier molecular flexibility index (Phi) is 5.05. The van der Waals surface area contributed by atoms with Crippen LogP contribution in [0.15, 0.2) is 22.7 Å². The number of nitrogens with one attached hydrogen (secondary N) is 2. The molecule has 2 amide bonds. The first kappa shape index (κ1) is 15.6. The van der Waals surface area contributed by atoms with Gasteiger partial charge in [0.25, 0.3) is 5.91 Å². The number of benzene rings is 1. The van der Waals surface area contributed by atoms with Gasteiger partial charge < -0.3 is 10.6 Å². The van der Waals surface area contributed by atoms with Gasteiger partial charge >= 0.3 is 0 Å². The molecule has 19 heavy (non-hydrogen) atoms. The van der Waals surface area contributed by atoms with Crippen LogP contribution in [0, 0.1) is 11.2 Å². The van der Waals surface area contributed by atoms with Crippen LogP contribution in [0.1, 0.15) is 24.2 Å². The standard InChI is InChI=1S/C13H16BrFN2O2/c1-13(2,12(19)16-3)7-17-11(18)8-4-5-9(14)10(15)6-8/h4-6H,7H2,1-3H3,(H,16,19)(H,17,18). The third-order valence-electron chi connectivity index (χ3n) is 2.71. The molecule has 0 aliphatic carbocycles. The fourth-order valence-electron chi connectivity index (χ4n) is 1.46. The summed E-state index contributed by atoms with van der Waals surface area (Å²) in [6, 6.07) is 4.12. The van der Waals surface area contributed by atoms with Gasteiger partial charge in [-0.2, -0.15) is 0 Å². The third-order valence-corrected chi connectivity index (χ3v) is 3.36. The Morgan fingerprint density at radius 1 is 1.37 bits per heavy atom. The van der Waals surface area contributed by atoms with Gasteiger partial charge in [0.05, 0.1) is 9.89 Å². The molecule has 0 fully saturated rings. The molecule has 104 valence electrons. The van der Waals surface area contributed by atoms with Crippen molar-refractivity contribution < 1.29 is 14.0 Å². The summed E-state index contributed by atoms with van der Waals surface area (Å²) in [5, 5.41) is 5.15. The van der Waals surface area contributed by atoms with Gasteiger partial charge in [-0.3, -0.25) is 9.59 Å². The molecule has 1 rings (SSSR count). The van der Waals surface area contributed by atoms with E-state index in [1.807, 2.05) is 0 Å². The second-order valence-corrected chi connectivity index (χ2v) is 5.63. The van der Waals surface area contributed by atoms with Crippen molar-refractivity contribution in [2.75, 3.05) is 13.6 Å². The maximum Gasteiger partial charge on any atom is 0.251 e. The first-order valence-corrected chi connectivity index (χ1v) is 6.52. The fourth-order valence-corrected chi connectivity index (χ4v) is 1.71. The molecule has 2 N–H and O–H groups in total. The summed E-state index contributed by atoms with van der Waals surface area (Å²) >= 11 is 3.02. The average molecular weight is 331 g/mol. The molecule has 0 saturated heterocycles. The van der Waals surface area contributed by atoms with Crippen LogP contribution in [-0.2, 0) is 4.79 Å². The summed E-state index contributed by atoms with van der Waals surface area (Å²) in [4.78, 5) is 23.4. The molecule has 0 unspecified atom stereocenters. The lowest BCUT2D eigenvalue weighted by atomic mass is 9.92. The van der Waals surface area contributed by atoms with Crippen LogP contribution in [-0.4, -0.2) is 25.4 Å². The molecule has 0 spiro atoms. The lowest BCUT2D eigenvalue weighted by Crippen LogP contribution is -2.43. The monoisotopic (exact) mass is 330 g/mol. The molecular weight excluding hydrogens is 315 g/mol. The number of carbonyl (C=O) groups is 2. The van der Waals surface area contributed by atoms with E-state index in [1.165, 1.54) is 19.2 Å². The Morgan fingerprint density at radius 2 is 2.00 bits per heavy atom. The van der Waals surface area contributed by atoms with E-state index in [2.05, 4.69) is 26.6 Å². The molecule has 6 heteroatoms. The summed E-state index contributed by atoms with van der Waals surface area (Å²) in [5.74, 6) is -1.09. The minimum atomic E-state index is -0.724. The van der Waals surface area contributed by atoms with E-state index < -0.39 is 17.1 Å². The normalized spacial score (nSPS) is 11.0. The van der Waals surface area contributed by atoms with Crippen LogP contribution >= 0.6 is 15.9 Å². The fraction of sp³-hybridized carbons (Fsp3) is 0.385. The largest absolute Gasteiger partial charge is 0.359 e. The van der Waals surface area contributed by atoms with Crippen molar-refractivity contribution >= 4 is 27.7 Å². The molecule has 1 aromatic carbocycles. The Balaban J connectivity index is 2.70. The van der Waals surface area contributed by atoms with E-state index in [9.17, 15) is 14.0 Å². The molecule has 1 aromatic rings. The van der Waals surface area contributed by atoms with Crippen molar-refractivity contribution in [2.45, 2.75) is 13.8 Å². The molecule has 0 bridgehead atoms. The SMILES string of the molecule is CNC(=O)C(C)(C)CNC(=O)c1ccc(Br)c(F)c1. The van der Waals surface area contributed by atoms with Crippen molar-refractivity contribution in [1.82, 2.24) is 10.6 Å². The minimum absolute atomic E-state index is 0.170. The van der Waals surface area contributed by atoms with Gasteiger partial charge in [-0.05, 0) is 48.0 Å². The minimum Gasteiger partial charge on any atom is -0.359 e. The molecule has 4 nitrogen and oxygen atoms in total. The van der Waals surface area contributed by atoms with Gasteiger partial charge in [0.1, 0.15) is 5.82 Å². The van der Waals surface area contributed by atoms with E-state index in [0.717, 1.165) is 6.07 Å².